The number of benzene rings is 3. The number of pyridine rings is 2. The van der Waals surface area contributed by atoms with Gasteiger partial charge in [-0.1, -0.05) is 51.1 Å². The topological polar surface area (TPSA) is 46.4 Å². The second-order valence-electron chi connectivity index (χ2n) is 11.6. The Hall–Kier alpha value is -4.84. The van der Waals surface area contributed by atoms with Crippen molar-refractivity contribution in [2.24, 2.45) is 0 Å². The van der Waals surface area contributed by atoms with Crippen LogP contribution >= 0.6 is 0 Å². The molecule has 0 radical (unpaired) electrons. The van der Waals surface area contributed by atoms with E-state index in [0.29, 0.717) is 18.1 Å². The zero-order chi connectivity index (χ0) is 30.8. The highest BCUT2D eigenvalue weighted by Gasteiger charge is 2.25. The van der Waals surface area contributed by atoms with Crippen LogP contribution in [0.2, 0.25) is 0 Å². The molecule has 0 fully saturated rings. The van der Waals surface area contributed by atoms with E-state index in [1.54, 1.807) is 12.1 Å². The molecule has 0 spiro atoms. The number of hydrogen-bond acceptors (Lipinski definition) is 5. The van der Waals surface area contributed by atoms with E-state index in [-0.39, 0.29) is 17.0 Å². The maximum Gasteiger partial charge on any atom is 0.221 e. The molecule has 0 unspecified atom stereocenters. The summed E-state index contributed by atoms with van der Waals surface area (Å²) < 4.78 is 32.9. The van der Waals surface area contributed by atoms with Crippen molar-refractivity contribution in [1.82, 2.24) is 14.5 Å². The summed E-state index contributed by atoms with van der Waals surface area (Å²) in [6.07, 6.45) is 1.86. The van der Waals surface area contributed by atoms with Gasteiger partial charge in [0.05, 0.1) is 34.8 Å². The lowest BCUT2D eigenvalue weighted by molar-refractivity contribution is 0.462. The number of fused-ring (bicyclic) bond motifs is 4. The average molecular weight is 543 g/mol. The van der Waals surface area contributed by atoms with Gasteiger partial charge in [0.2, 0.25) is 5.88 Å². The van der Waals surface area contributed by atoms with E-state index in [2.05, 4.69) is 70.5 Å². The molecule has 1 aliphatic rings. The predicted octanol–water partition coefficient (Wildman–Crippen LogP) is 8.52. The van der Waals surface area contributed by atoms with E-state index in [1.807, 2.05) is 61.8 Å². The molecule has 6 aromatic rings. The Morgan fingerprint density at radius 3 is 2.44 bits per heavy atom. The molecule has 6 nitrogen and oxygen atoms in total. The van der Waals surface area contributed by atoms with Crippen molar-refractivity contribution < 1.29 is 8.85 Å². The summed E-state index contributed by atoms with van der Waals surface area (Å²) in [6.45, 7) is 4.75. The predicted molar refractivity (Wildman–Crippen MR) is 168 cm³/mol. The maximum absolute atomic E-state index is 8.13. The summed E-state index contributed by atoms with van der Waals surface area (Å²) in [6, 6.07) is 29.9. The molecule has 3 aromatic carbocycles. The van der Waals surface area contributed by atoms with Crippen molar-refractivity contribution in [3.8, 4) is 17.4 Å². The summed E-state index contributed by atoms with van der Waals surface area (Å²) >= 11 is 0. The van der Waals surface area contributed by atoms with Crippen molar-refractivity contribution in [3.05, 3.63) is 108 Å². The van der Waals surface area contributed by atoms with Gasteiger partial charge in [-0.2, -0.15) is 0 Å². The zero-order valence-corrected chi connectivity index (χ0v) is 23.6. The van der Waals surface area contributed by atoms with Gasteiger partial charge in [-0.3, -0.25) is 4.57 Å². The number of anilines is 3. The fraction of sp³-hybridized carbons (Fsp3) is 0.200. The third kappa shape index (κ3) is 4.36. The summed E-state index contributed by atoms with van der Waals surface area (Å²) in [7, 11) is 2.02. The molecule has 0 aliphatic carbocycles. The standard InChI is InChI=1S/C35H33N5O/c1-23-18-25(39-22-38(5)30-12-8-9-13-31(30)39)20-34(37-23)41-26-14-15-28-27-10-6-7-11-29(27)40(32(28)21-26)33-19-24(16-17-36-33)35(2,3)4/h6-21H,22H2,1-5H3/i1D3. The molecule has 0 saturated heterocycles. The fourth-order valence-corrected chi connectivity index (χ4v) is 5.69. The summed E-state index contributed by atoms with van der Waals surface area (Å²) in [5.41, 5.74) is 5.89. The summed E-state index contributed by atoms with van der Waals surface area (Å²) in [5.74, 6) is 1.59. The van der Waals surface area contributed by atoms with Gasteiger partial charge in [-0.05, 0) is 66.4 Å². The van der Waals surface area contributed by atoms with Crippen LogP contribution in [0.3, 0.4) is 0 Å². The number of aryl methyl sites for hydroxylation is 1. The summed E-state index contributed by atoms with van der Waals surface area (Å²) in [5, 5.41) is 2.18. The molecular formula is C35H33N5O. The second kappa shape index (κ2) is 9.37. The average Bonchev–Trinajstić information content (AvgIpc) is 3.51. The number of hydrogen-bond donors (Lipinski definition) is 0. The number of para-hydroxylation sites is 3. The van der Waals surface area contributed by atoms with Crippen molar-refractivity contribution in [2.45, 2.75) is 33.0 Å². The van der Waals surface area contributed by atoms with E-state index in [9.17, 15) is 0 Å². The Bertz CT molecular complexity index is 2040. The van der Waals surface area contributed by atoms with Crippen LogP contribution in [0.25, 0.3) is 27.6 Å². The van der Waals surface area contributed by atoms with Crippen molar-refractivity contribution >= 4 is 38.9 Å². The van der Waals surface area contributed by atoms with E-state index in [4.69, 9.17) is 13.8 Å². The molecule has 1 aliphatic heterocycles. The van der Waals surface area contributed by atoms with Crippen LogP contribution in [-0.4, -0.2) is 28.3 Å². The molecule has 0 saturated carbocycles. The van der Waals surface area contributed by atoms with Gasteiger partial charge in [-0.15, -0.1) is 0 Å². The lowest BCUT2D eigenvalue weighted by atomic mass is 9.88. The van der Waals surface area contributed by atoms with Gasteiger partial charge in [-0.25, -0.2) is 9.97 Å². The quantitative estimate of drug-likeness (QED) is 0.223. The molecule has 3 aromatic heterocycles. The maximum atomic E-state index is 8.13. The van der Waals surface area contributed by atoms with Gasteiger partial charge >= 0.3 is 0 Å². The van der Waals surface area contributed by atoms with Gasteiger partial charge < -0.3 is 14.5 Å². The first-order valence-corrected chi connectivity index (χ1v) is 13.8. The largest absolute Gasteiger partial charge is 0.439 e. The number of nitrogens with zero attached hydrogens (tertiary/aromatic N) is 5. The molecule has 0 atom stereocenters. The monoisotopic (exact) mass is 542 g/mol. The molecule has 204 valence electrons. The number of ether oxygens (including phenoxy) is 1. The van der Waals surface area contributed by atoms with Crippen molar-refractivity contribution in [2.75, 3.05) is 23.5 Å². The van der Waals surface area contributed by atoms with Crippen LogP contribution in [0, 0.1) is 6.85 Å². The minimum atomic E-state index is -2.40. The molecule has 41 heavy (non-hydrogen) atoms. The third-order valence-electron chi connectivity index (χ3n) is 7.74. The first-order valence-electron chi connectivity index (χ1n) is 15.3. The SMILES string of the molecule is [2H]C([2H])([2H])c1cc(N2CN(C)c3ccccc32)cc(Oc2ccc3c4ccccc4n(-c4cc(C(C)(C)C)ccn4)c3c2)n1. The highest BCUT2D eigenvalue weighted by Crippen LogP contribution is 2.41. The Kier molecular flexibility index (Phi) is 5.01. The Morgan fingerprint density at radius 1 is 0.829 bits per heavy atom. The van der Waals surface area contributed by atoms with E-state index >= 15 is 0 Å². The van der Waals surface area contributed by atoms with Crippen LogP contribution in [0.15, 0.2) is 97.2 Å². The van der Waals surface area contributed by atoms with Gasteiger partial charge in [0, 0.05) is 46.0 Å². The lowest BCUT2D eigenvalue weighted by Crippen LogP contribution is -2.24. The fourth-order valence-electron chi connectivity index (χ4n) is 5.69. The van der Waals surface area contributed by atoms with E-state index < -0.39 is 6.85 Å². The third-order valence-corrected chi connectivity index (χ3v) is 7.74. The van der Waals surface area contributed by atoms with Crippen LogP contribution in [-0.2, 0) is 5.41 Å². The van der Waals surface area contributed by atoms with E-state index in [0.717, 1.165) is 39.0 Å². The molecule has 0 amide bonds. The van der Waals surface area contributed by atoms with Gasteiger partial charge in [0.25, 0.3) is 0 Å². The molecule has 4 heterocycles. The molecule has 6 heteroatoms. The Balaban J connectivity index is 1.35. The van der Waals surface area contributed by atoms with Crippen LogP contribution in [0.5, 0.6) is 11.6 Å². The second-order valence-corrected chi connectivity index (χ2v) is 11.6. The molecule has 7 rings (SSSR count). The smallest absolute Gasteiger partial charge is 0.221 e. The molecular weight excluding hydrogens is 506 g/mol. The zero-order valence-electron chi connectivity index (χ0n) is 26.6. The van der Waals surface area contributed by atoms with Gasteiger partial charge in [0.1, 0.15) is 11.6 Å². The minimum absolute atomic E-state index is 0.0181. The van der Waals surface area contributed by atoms with E-state index in [1.165, 1.54) is 5.56 Å². The van der Waals surface area contributed by atoms with Crippen LogP contribution in [0.1, 0.15) is 36.1 Å². The van der Waals surface area contributed by atoms with Crippen LogP contribution in [0.4, 0.5) is 17.1 Å². The van der Waals surface area contributed by atoms with Crippen molar-refractivity contribution in [3.63, 3.8) is 0 Å². The number of aromatic nitrogens is 3. The normalized spacial score (nSPS) is 14.7. The highest BCUT2D eigenvalue weighted by molar-refractivity contribution is 6.09. The first kappa shape index (κ1) is 21.9. The van der Waals surface area contributed by atoms with Gasteiger partial charge in [0.15, 0.2) is 0 Å². The first-order chi connectivity index (χ1) is 21.0. The number of rotatable bonds is 4. The van der Waals surface area contributed by atoms with Crippen molar-refractivity contribution in [1.29, 1.82) is 0 Å². The Morgan fingerprint density at radius 2 is 1.61 bits per heavy atom. The summed E-state index contributed by atoms with van der Waals surface area (Å²) in [4.78, 5) is 13.4. The minimum Gasteiger partial charge on any atom is -0.439 e. The lowest BCUT2D eigenvalue weighted by Gasteiger charge is -2.20. The van der Waals surface area contributed by atoms with Crippen LogP contribution < -0.4 is 14.5 Å². The molecule has 0 bridgehead atoms. The Labute approximate surface area is 244 Å². The molecule has 0 N–H and O–H groups in total. The highest BCUT2D eigenvalue weighted by atomic mass is 16.5.